The Morgan fingerprint density at radius 3 is 2.35 bits per heavy atom. The molecular formula is C52H63N11O7S. The molecule has 2 aliphatic carbocycles. The zero-order valence-electron chi connectivity index (χ0n) is 40.9. The normalized spacial score (nSPS) is 18.6. The summed E-state index contributed by atoms with van der Waals surface area (Å²) in [4.78, 5) is 105. The van der Waals surface area contributed by atoms with Gasteiger partial charge in [0.25, 0.3) is 11.5 Å². The number of hydrogen-bond donors (Lipinski definition) is 3. The largest absolute Gasteiger partial charge is 0.484 e. The van der Waals surface area contributed by atoms with Crippen LogP contribution in [0.2, 0.25) is 0 Å². The van der Waals surface area contributed by atoms with Gasteiger partial charge in [0.15, 0.2) is 12.4 Å². The fourth-order valence-electron chi connectivity index (χ4n) is 10.7. The maximum Gasteiger partial charge on any atom is 0.263 e. The van der Waals surface area contributed by atoms with E-state index in [9.17, 15) is 28.8 Å². The number of pyridine rings is 2. The van der Waals surface area contributed by atoms with Gasteiger partial charge in [-0.2, -0.15) is 4.98 Å². The molecule has 2 unspecified atom stereocenters. The molecule has 4 aromatic heterocycles. The van der Waals surface area contributed by atoms with Gasteiger partial charge in [-0.3, -0.25) is 33.3 Å². The molecular weight excluding hydrogens is 923 g/mol. The number of anilines is 3. The molecule has 5 aromatic rings. The van der Waals surface area contributed by atoms with Crippen molar-refractivity contribution >= 4 is 69.1 Å². The molecule has 2 saturated heterocycles. The van der Waals surface area contributed by atoms with E-state index in [0.29, 0.717) is 77.4 Å². The number of thiazole rings is 1. The van der Waals surface area contributed by atoms with E-state index in [1.807, 2.05) is 17.0 Å². The molecule has 374 valence electrons. The van der Waals surface area contributed by atoms with Gasteiger partial charge < -0.3 is 35.4 Å². The number of likely N-dealkylation sites (tertiary alicyclic amines) is 1. The Labute approximate surface area is 417 Å². The lowest BCUT2D eigenvalue weighted by Crippen LogP contribution is -2.55. The smallest absolute Gasteiger partial charge is 0.263 e. The third-order valence-electron chi connectivity index (χ3n) is 14.8. The molecule has 0 bridgehead atoms. The Bertz CT molecular complexity index is 2850. The highest BCUT2D eigenvalue weighted by molar-refractivity contribution is 7.10. The number of hydrogen-bond acceptors (Lipinski definition) is 15. The summed E-state index contributed by atoms with van der Waals surface area (Å²) in [7, 11) is 1.73. The van der Waals surface area contributed by atoms with Gasteiger partial charge in [-0.15, -0.1) is 11.3 Å². The standard InChI is InChI=1S/C52H63N11O7S/c1-31-39-28-55-52(59-47(39)63(36-15-8-9-16-36)50(68)44(31)33(3)64)57-42-20-19-37(27-54-42)60-22-24-61(25-23-60)43(65)29-70-38-17-10-14-35(26-38)46(66)40-30-71-49(56-40)41-18-11-21-62(41)51(69)45(34-12-6-5-7-13-34)58-48(67)32(2)53-4/h10,14,17,19-20,26-28,30,32,34,36,41,45,53H,5-9,11-13,15-16,18,21-25,29H2,1-4H3,(H,58,67)(H,54,55,57,59)/t32?,41-,45?/m0/s1. The second-order valence-electron chi connectivity index (χ2n) is 19.3. The van der Waals surface area contributed by atoms with Gasteiger partial charge in [0.1, 0.15) is 34.0 Å². The van der Waals surface area contributed by atoms with Crippen LogP contribution in [0, 0.1) is 12.8 Å². The quantitative estimate of drug-likeness (QED) is 0.0926. The number of ether oxygens (including phenoxy) is 1. The van der Waals surface area contributed by atoms with Crippen molar-refractivity contribution in [3.8, 4) is 5.75 Å². The third kappa shape index (κ3) is 10.7. The van der Waals surface area contributed by atoms with Crippen LogP contribution in [0.5, 0.6) is 5.75 Å². The number of aromatic nitrogens is 5. The molecule has 2 saturated carbocycles. The monoisotopic (exact) mass is 985 g/mol. The number of Topliss-reactive ketones (excluding diaryl/α,β-unsaturated/α-hetero) is 1. The van der Waals surface area contributed by atoms with Crippen LogP contribution in [0.15, 0.2) is 59.0 Å². The van der Waals surface area contributed by atoms with Crippen molar-refractivity contribution in [2.75, 3.05) is 56.6 Å². The van der Waals surface area contributed by atoms with Gasteiger partial charge in [-0.25, -0.2) is 15.0 Å². The number of nitrogens with zero attached hydrogens (tertiary/aromatic N) is 8. The molecule has 0 spiro atoms. The minimum absolute atomic E-state index is 0.0237. The molecule has 2 aliphatic heterocycles. The van der Waals surface area contributed by atoms with Crippen molar-refractivity contribution in [1.29, 1.82) is 0 Å². The van der Waals surface area contributed by atoms with E-state index >= 15 is 0 Å². The van der Waals surface area contributed by atoms with Crippen molar-refractivity contribution in [2.45, 2.75) is 116 Å². The molecule has 3 atom stereocenters. The van der Waals surface area contributed by atoms with E-state index in [-0.39, 0.29) is 70.7 Å². The number of fused-ring (bicyclic) bond motifs is 1. The Balaban J connectivity index is 0.774. The second-order valence-corrected chi connectivity index (χ2v) is 20.2. The first-order chi connectivity index (χ1) is 34.4. The number of likely N-dealkylation sites (N-methyl/N-ethyl adjacent to an activating group) is 1. The topological polar surface area (TPSA) is 214 Å². The minimum atomic E-state index is -0.604. The first kappa shape index (κ1) is 49.4. The molecule has 0 radical (unpaired) electrons. The van der Waals surface area contributed by atoms with Crippen LogP contribution in [0.1, 0.15) is 134 Å². The fourth-order valence-corrected chi connectivity index (χ4v) is 11.6. The highest BCUT2D eigenvalue weighted by Gasteiger charge is 2.40. The van der Waals surface area contributed by atoms with Crippen molar-refractivity contribution < 1.29 is 28.7 Å². The summed E-state index contributed by atoms with van der Waals surface area (Å²) >= 11 is 1.36. The number of aryl methyl sites for hydroxylation is 1. The van der Waals surface area contributed by atoms with Crippen molar-refractivity contribution in [2.24, 2.45) is 5.92 Å². The SMILES string of the molecule is CNC(C)C(=O)NC(C(=O)N1CCC[C@H]1c1nc(C(=O)c2cccc(OCC(=O)N3CCN(c4ccc(Nc5ncc6c(C)c(C(C)=O)c(=O)n(C7CCCC7)c6n5)nc4)CC3)c2)cs1)C1CCCCC1. The summed E-state index contributed by atoms with van der Waals surface area (Å²) in [6.07, 6.45) is 13.7. The first-order valence-electron chi connectivity index (χ1n) is 25.1. The maximum atomic E-state index is 14.2. The third-order valence-corrected chi connectivity index (χ3v) is 15.7. The molecule has 4 aliphatic rings. The number of carbonyl (C=O) groups excluding carboxylic acids is 5. The maximum absolute atomic E-state index is 14.2. The van der Waals surface area contributed by atoms with Crippen LogP contribution in [0.4, 0.5) is 17.5 Å². The molecule has 6 heterocycles. The lowest BCUT2D eigenvalue weighted by molar-refractivity contribution is -0.139. The number of benzene rings is 1. The molecule has 1 aromatic carbocycles. The second kappa shape index (κ2) is 21.8. The van der Waals surface area contributed by atoms with Crippen LogP contribution in [-0.2, 0) is 14.4 Å². The number of amides is 3. The number of carbonyl (C=O) groups is 5. The van der Waals surface area contributed by atoms with E-state index < -0.39 is 12.1 Å². The summed E-state index contributed by atoms with van der Waals surface area (Å²) < 4.78 is 7.63. The van der Waals surface area contributed by atoms with E-state index in [1.54, 1.807) is 72.4 Å². The van der Waals surface area contributed by atoms with Crippen molar-refractivity contribution in [1.82, 2.24) is 44.9 Å². The van der Waals surface area contributed by atoms with Gasteiger partial charge in [0, 0.05) is 61.3 Å². The Morgan fingerprint density at radius 2 is 1.63 bits per heavy atom. The summed E-state index contributed by atoms with van der Waals surface area (Å²) in [5.41, 5.74) is 2.54. The number of ketones is 2. The lowest BCUT2D eigenvalue weighted by Gasteiger charge is -2.35. The molecule has 4 fully saturated rings. The van der Waals surface area contributed by atoms with E-state index in [2.05, 4.69) is 30.8 Å². The van der Waals surface area contributed by atoms with Crippen LogP contribution >= 0.6 is 11.3 Å². The van der Waals surface area contributed by atoms with Gasteiger partial charge in [-0.05, 0) is 102 Å². The summed E-state index contributed by atoms with van der Waals surface area (Å²) in [6.45, 7) is 7.51. The predicted molar refractivity (Wildman–Crippen MR) is 271 cm³/mol. The van der Waals surface area contributed by atoms with E-state index in [0.717, 1.165) is 76.3 Å². The number of rotatable bonds is 16. The van der Waals surface area contributed by atoms with Gasteiger partial charge in [0.2, 0.25) is 23.5 Å². The molecule has 71 heavy (non-hydrogen) atoms. The zero-order valence-corrected chi connectivity index (χ0v) is 41.8. The van der Waals surface area contributed by atoms with Crippen molar-refractivity contribution in [3.63, 3.8) is 0 Å². The first-order valence-corrected chi connectivity index (χ1v) is 26.0. The van der Waals surface area contributed by atoms with Crippen LogP contribution in [-0.4, -0.2) is 122 Å². The minimum Gasteiger partial charge on any atom is -0.484 e. The fraction of sp³-hybridized carbons (Fsp3) is 0.500. The summed E-state index contributed by atoms with van der Waals surface area (Å²) in [5.74, 6) is 0.311. The molecule has 18 nitrogen and oxygen atoms in total. The van der Waals surface area contributed by atoms with Crippen molar-refractivity contribution in [3.05, 3.63) is 91.9 Å². The molecule has 3 N–H and O–H groups in total. The molecule has 19 heteroatoms. The van der Waals surface area contributed by atoms with Crippen LogP contribution in [0.3, 0.4) is 0 Å². The molecule has 9 rings (SSSR count). The Hall–Kier alpha value is -6.60. The summed E-state index contributed by atoms with van der Waals surface area (Å²) in [6, 6.07) is 9.21. The highest BCUT2D eigenvalue weighted by Crippen LogP contribution is 2.37. The lowest BCUT2D eigenvalue weighted by atomic mass is 9.83. The number of piperazine rings is 1. The number of nitrogens with one attached hydrogen (secondary N) is 3. The summed E-state index contributed by atoms with van der Waals surface area (Å²) in [5, 5.41) is 12.3. The van der Waals surface area contributed by atoms with E-state index in [4.69, 9.17) is 14.7 Å². The van der Waals surface area contributed by atoms with Gasteiger partial charge in [0.05, 0.1) is 29.5 Å². The Kier molecular flexibility index (Phi) is 15.2. The average Bonchev–Trinajstić information content (AvgIpc) is 4.21. The Morgan fingerprint density at radius 1 is 0.873 bits per heavy atom. The molecule has 3 amide bonds. The zero-order chi connectivity index (χ0) is 49.8. The van der Waals surface area contributed by atoms with Crippen LogP contribution in [0.25, 0.3) is 11.0 Å². The van der Waals surface area contributed by atoms with E-state index in [1.165, 1.54) is 18.3 Å². The predicted octanol–water partition coefficient (Wildman–Crippen LogP) is 6.31. The highest BCUT2D eigenvalue weighted by atomic mass is 32.1. The average molecular weight is 986 g/mol. The van der Waals surface area contributed by atoms with Gasteiger partial charge in [-0.1, -0.05) is 44.2 Å². The van der Waals surface area contributed by atoms with Gasteiger partial charge >= 0.3 is 0 Å². The van der Waals surface area contributed by atoms with Crippen LogP contribution < -0.4 is 31.1 Å².